The lowest BCUT2D eigenvalue weighted by Gasteiger charge is -2.24. The molecule has 0 fully saturated rings. The summed E-state index contributed by atoms with van der Waals surface area (Å²) in [6, 6.07) is 5.89. The number of nitrogens with two attached hydrogens (primary N) is 1. The maximum atomic E-state index is 11.7. The molecule has 0 unspecified atom stereocenters. The van der Waals surface area contributed by atoms with Gasteiger partial charge in [0.2, 0.25) is 0 Å². The van der Waals surface area contributed by atoms with E-state index in [1.54, 1.807) is 0 Å². The Kier molecular flexibility index (Phi) is 4.73. The molecule has 0 heterocycles. The van der Waals surface area contributed by atoms with Gasteiger partial charge in [-0.3, -0.25) is 4.79 Å². The van der Waals surface area contributed by atoms with Crippen LogP contribution in [0.25, 0.3) is 0 Å². The van der Waals surface area contributed by atoms with Gasteiger partial charge in [0.05, 0.1) is 0 Å². The van der Waals surface area contributed by atoms with E-state index in [0.717, 1.165) is 16.9 Å². The number of rotatable bonds is 5. The average Bonchev–Trinajstić information content (AvgIpc) is 2.28. The van der Waals surface area contributed by atoms with Crippen LogP contribution < -0.4 is 15.8 Å². The normalized spacial score (nSPS) is 11.2. The number of nitrogens with one attached hydrogen (secondary N) is 1. The molecule has 0 radical (unpaired) electrons. The third-order valence-corrected chi connectivity index (χ3v) is 2.74. The van der Waals surface area contributed by atoms with Gasteiger partial charge in [0.1, 0.15) is 5.75 Å². The molecule has 3 N–H and O–H groups in total. The van der Waals surface area contributed by atoms with Crippen molar-refractivity contribution in [1.82, 2.24) is 5.32 Å². The van der Waals surface area contributed by atoms with Gasteiger partial charge in [-0.25, -0.2) is 0 Å². The number of para-hydroxylation sites is 1. The molecule has 100 valence electrons. The van der Waals surface area contributed by atoms with Crippen LogP contribution in [0.5, 0.6) is 5.75 Å². The molecule has 4 nitrogen and oxygen atoms in total. The summed E-state index contributed by atoms with van der Waals surface area (Å²) < 4.78 is 5.57. The predicted molar refractivity (Wildman–Crippen MR) is 72.7 cm³/mol. The number of benzene rings is 1. The standard InChI is InChI=1S/C14H22N2O2/c1-10-6-5-7-11(2)13(10)18-8-12(17)16-14(3,4)9-15/h5-7H,8-9,15H2,1-4H3,(H,16,17). The summed E-state index contributed by atoms with van der Waals surface area (Å²) in [5, 5.41) is 2.83. The highest BCUT2D eigenvalue weighted by Gasteiger charge is 2.18. The highest BCUT2D eigenvalue weighted by Crippen LogP contribution is 2.22. The number of carbonyl (C=O) groups excluding carboxylic acids is 1. The number of aryl methyl sites for hydroxylation is 2. The zero-order valence-electron chi connectivity index (χ0n) is 11.5. The minimum atomic E-state index is -0.402. The Morgan fingerprint density at radius 2 is 1.89 bits per heavy atom. The molecule has 0 aliphatic heterocycles. The molecule has 4 heteroatoms. The van der Waals surface area contributed by atoms with Crippen LogP contribution in [0, 0.1) is 13.8 Å². The van der Waals surface area contributed by atoms with E-state index in [0.29, 0.717) is 6.54 Å². The predicted octanol–water partition coefficient (Wildman–Crippen LogP) is 1.54. The van der Waals surface area contributed by atoms with E-state index < -0.39 is 5.54 Å². The van der Waals surface area contributed by atoms with Crippen LogP contribution in [0.2, 0.25) is 0 Å². The second-order valence-corrected chi connectivity index (χ2v) is 5.15. The van der Waals surface area contributed by atoms with Crippen molar-refractivity contribution in [2.24, 2.45) is 5.73 Å². The Balaban J connectivity index is 2.58. The monoisotopic (exact) mass is 250 g/mol. The molecule has 1 aromatic rings. The van der Waals surface area contributed by atoms with E-state index >= 15 is 0 Å². The van der Waals surface area contributed by atoms with Gasteiger partial charge < -0.3 is 15.8 Å². The summed E-state index contributed by atoms with van der Waals surface area (Å²) in [7, 11) is 0. The third kappa shape index (κ3) is 4.04. The summed E-state index contributed by atoms with van der Waals surface area (Å²) in [4.78, 5) is 11.7. The highest BCUT2D eigenvalue weighted by atomic mass is 16.5. The molecule has 0 saturated carbocycles. The Bertz CT molecular complexity index is 408. The van der Waals surface area contributed by atoms with Crippen LogP contribution in [-0.4, -0.2) is 24.6 Å². The number of ether oxygens (including phenoxy) is 1. The zero-order valence-corrected chi connectivity index (χ0v) is 11.5. The van der Waals surface area contributed by atoms with Crippen LogP contribution in [0.15, 0.2) is 18.2 Å². The van der Waals surface area contributed by atoms with Crippen molar-refractivity contribution in [3.8, 4) is 5.75 Å². The number of hydrogen-bond acceptors (Lipinski definition) is 3. The molecule has 1 amide bonds. The molecule has 1 aromatic carbocycles. The van der Waals surface area contributed by atoms with E-state index in [1.807, 2.05) is 45.9 Å². The van der Waals surface area contributed by atoms with Crippen molar-refractivity contribution in [1.29, 1.82) is 0 Å². The Morgan fingerprint density at radius 3 is 2.39 bits per heavy atom. The molecule has 0 aromatic heterocycles. The fourth-order valence-corrected chi connectivity index (χ4v) is 1.63. The Hall–Kier alpha value is -1.55. The van der Waals surface area contributed by atoms with Crippen LogP contribution in [-0.2, 0) is 4.79 Å². The van der Waals surface area contributed by atoms with E-state index in [4.69, 9.17) is 10.5 Å². The topological polar surface area (TPSA) is 64.3 Å². The Morgan fingerprint density at radius 1 is 1.33 bits per heavy atom. The van der Waals surface area contributed by atoms with Gasteiger partial charge in [0, 0.05) is 12.1 Å². The van der Waals surface area contributed by atoms with Gasteiger partial charge in [-0.1, -0.05) is 18.2 Å². The first-order valence-electron chi connectivity index (χ1n) is 6.06. The summed E-state index contributed by atoms with van der Waals surface area (Å²) in [5.74, 6) is 0.617. The lowest BCUT2D eigenvalue weighted by molar-refractivity contribution is -0.124. The first kappa shape index (κ1) is 14.5. The molecule has 0 spiro atoms. The van der Waals surface area contributed by atoms with Crippen molar-refractivity contribution in [2.45, 2.75) is 33.2 Å². The van der Waals surface area contributed by atoms with Crippen LogP contribution in [0.3, 0.4) is 0 Å². The lowest BCUT2D eigenvalue weighted by atomic mass is 10.1. The molecule has 0 aliphatic rings. The van der Waals surface area contributed by atoms with Gasteiger partial charge in [0.15, 0.2) is 6.61 Å². The summed E-state index contributed by atoms with van der Waals surface area (Å²) >= 11 is 0. The van der Waals surface area contributed by atoms with Gasteiger partial charge in [0.25, 0.3) is 5.91 Å². The van der Waals surface area contributed by atoms with Crippen LogP contribution >= 0.6 is 0 Å². The maximum Gasteiger partial charge on any atom is 0.258 e. The first-order chi connectivity index (χ1) is 8.35. The van der Waals surface area contributed by atoms with Crippen LogP contribution in [0.1, 0.15) is 25.0 Å². The van der Waals surface area contributed by atoms with Gasteiger partial charge in [-0.2, -0.15) is 0 Å². The quantitative estimate of drug-likeness (QED) is 0.833. The molecule has 0 aliphatic carbocycles. The second-order valence-electron chi connectivity index (χ2n) is 5.15. The first-order valence-corrected chi connectivity index (χ1v) is 6.06. The fraction of sp³-hybridized carbons (Fsp3) is 0.500. The molecule has 0 bridgehead atoms. The smallest absolute Gasteiger partial charge is 0.258 e. The largest absolute Gasteiger partial charge is 0.483 e. The van der Waals surface area contributed by atoms with Crippen molar-refractivity contribution in [3.05, 3.63) is 29.3 Å². The lowest BCUT2D eigenvalue weighted by Crippen LogP contribution is -2.50. The van der Waals surface area contributed by atoms with E-state index in [9.17, 15) is 4.79 Å². The fourth-order valence-electron chi connectivity index (χ4n) is 1.63. The Labute approximate surface area is 109 Å². The van der Waals surface area contributed by atoms with Crippen molar-refractivity contribution < 1.29 is 9.53 Å². The van der Waals surface area contributed by atoms with Gasteiger partial charge >= 0.3 is 0 Å². The number of amides is 1. The number of carbonyl (C=O) groups is 1. The molecular weight excluding hydrogens is 228 g/mol. The van der Waals surface area contributed by atoms with Gasteiger partial charge in [-0.05, 0) is 38.8 Å². The van der Waals surface area contributed by atoms with Crippen LogP contribution in [0.4, 0.5) is 0 Å². The average molecular weight is 250 g/mol. The second kappa shape index (κ2) is 5.87. The summed E-state index contributed by atoms with van der Waals surface area (Å²) in [6.45, 7) is 8.08. The highest BCUT2D eigenvalue weighted by molar-refractivity contribution is 5.78. The van der Waals surface area contributed by atoms with E-state index in [2.05, 4.69) is 5.32 Å². The van der Waals surface area contributed by atoms with E-state index in [-0.39, 0.29) is 12.5 Å². The zero-order chi connectivity index (χ0) is 13.8. The minimum absolute atomic E-state index is 0.00905. The minimum Gasteiger partial charge on any atom is -0.483 e. The maximum absolute atomic E-state index is 11.7. The molecular formula is C14H22N2O2. The molecule has 0 saturated heterocycles. The van der Waals surface area contributed by atoms with Crippen molar-refractivity contribution in [3.63, 3.8) is 0 Å². The van der Waals surface area contributed by atoms with Gasteiger partial charge in [-0.15, -0.1) is 0 Å². The van der Waals surface area contributed by atoms with E-state index in [1.165, 1.54) is 0 Å². The molecule has 0 atom stereocenters. The molecule has 18 heavy (non-hydrogen) atoms. The number of hydrogen-bond donors (Lipinski definition) is 2. The van der Waals surface area contributed by atoms with Crippen molar-refractivity contribution in [2.75, 3.05) is 13.2 Å². The van der Waals surface area contributed by atoms with Crippen molar-refractivity contribution >= 4 is 5.91 Å². The third-order valence-electron chi connectivity index (χ3n) is 2.74. The molecule has 1 rings (SSSR count). The summed E-state index contributed by atoms with van der Waals surface area (Å²) in [6.07, 6.45) is 0. The summed E-state index contributed by atoms with van der Waals surface area (Å²) in [5.41, 5.74) is 7.21. The SMILES string of the molecule is Cc1cccc(C)c1OCC(=O)NC(C)(C)CN.